The molecule has 2 heterocycles. The standard InChI is InChI=1S/C24H18FN5O3/c1-15-11-12-16(13-18(15)25)26-21(31)14-29-24(32)30-20-10-6-5-9-19(20)27-23(22(30)28-29)33-17-7-3-2-4-8-17/h2-13H,14H2,1H3,(H,26,31). The fourth-order valence-corrected chi connectivity index (χ4v) is 3.45. The molecule has 1 N–H and O–H groups in total. The van der Waals surface area contributed by atoms with Gasteiger partial charge in [0.15, 0.2) is 0 Å². The van der Waals surface area contributed by atoms with Crippen LogP contribution in [-0.2, 0) is 11.3 Å². The molecule has 9 heteroatoms. The van der Waals surface area contributed by atoms with Gasteiger partial charge in [-0.2, -0.15) is 0 Å². The molecule has 1 amide bonds. The van der Waals surface area contributed by atoms with Crippen LogP contribution in [0.3, 0.4) is 0 Å². The van der Waals surface area contributed by atoms with Gasteiger partial charge in [0, 0.05) is 5.69 Å². The summed E-state index contributed by atoms with van der Waals surface area (Å²) in [5.74, 6) is -0.287. The van der Waals surface area contributed by atoms with Crippen molar-refractivity contribution in [3.8, 4) is 11.6 Å². The first-order valence-corrected chi connectivity index (χ1v) is 10.2. The molecule has 0 aliphatic heterocycles. The topological polar surface area (TPSA) is 90.5 Å². The van der Waals surface area contributed by atoms with Crippen molar-refractivity contribution in [2.24, 2.45) is 0 Å². The molecule has 2 aromatic heterocycles. The van der Waals surface area contributed by atoms with Gasteiger partial charge < -0.3 is 10.1 Å². The third-order valence-electron chi connectivity index (χ3n) is 5.08. The Bertz CT molecular complexity index is 1560. The maximum absolute atomic E-state index is 13.8. The minimum atomic E-state index is -0.522. The SMILES string of the molecule is Cc1ccc(NC(=O)Cn2nc3c(Oc4ccccc4)nc4ccccc4n3c2=O)cc1F. The monoisotopic (exact) mass is 443 g/mol. The summed E-state index contributed by atoms with van der Waals surface area (Å²) in [6.45, 7) is 1.26. The average Bonchev–Trinajstić information content (AvgIpc) is 3.13. The maximum atomic E-state index is 13.8. The molecule has 0 aliphatic carbocycles. The second-order valence-electron chi connectivity index (χ2n) is 7.43. The van der Waals surface area contributed by atoms with Gasteiger partial charge in [-0.15, -0.1) is 5.10 Å². The molecular weight excluding hydrogens is 425 g/mol. The predicted molar refractivity (Wildman–Crippen MR) is 121 cm³/mol. The highest BCUT2D eigenvalue weighted by Crippen LogP contribution is 2.25. The fraction of sp³-hybridized carbons (Fsp3) is 0.0833. The highest BCUT2D eigenvalue weighted by Gasteiger charge is 2.19. The lowest BCUT2D eigenvalue weighted by Crippen LogP contribution is -2.28. The highest BCUT2D eigenvalue weighted by molar-refractivity contribution is 5.90. The number of hydrogen-bond donors (Lipinski definition) is 1. The number of nitrogens with zero attached hydrogens (tertiary/aromatic N) is 4. The highest BCUT2D eigenvalue weighted by atomic mass is 19.1. The van der Waals surface area contributed by atoms with Crippen LogP contribution in [0, 0.1) is 12.7 Å². The summed E-state index contributed by atoms with van der Waals surface area (Å²) in [5.41, 5.74) is 1.49. The Kier molecular flexibility index (Phi) is 5.06. The zero-order valence-electron chi connectivity index (χ0n) is 17.5. The van der Waals surface area contributed by atoms with Crippen molar-refractivity contribution in [2.75, 3.05) is 5.32 Å². The number of ether oxygens (including phenoxy) is 1. The first kappa shape index (κ1) is 20.4. The molecule has 164 valence electrons. The van der Waals surface area contributed by atoms with Gasteiger partial charge >= 0.3 is 5.69 Å². The molecule has 33 heavy (non-hydrogen) atoms. The molecule has 0 atom stereocenters. The van der Waals surface area contributed by atoms with Crippen LogP contribution >= 0.6 is 0 Å². The van der Waals surface area contributed by atoms with Crippen LogP contribution in [-0.4, -0.2) is 25.1 Å². The minimum Gasteiger partial charge on any atom is -0.436 e. The van der Waals surface area contributed by atoms with E-state index in [0.717, 1.165) is 4.68 Å². The number of para-hydroxylation sites is 3. The van der Waals surface area contributed by atoms with Crippen LogP contribution < -0.4 is 15.7 Å². The van der Waals surface area contributed by atoms with Crippen molar-refractivity contribution < 1.29 is 13.9 Å². The number of anilines is 1. The molecule has 5 aromatic rings. The van der Waals surface area contributed by atoms with E-state index in [4.69, 9.17) is 4.74 Å². The van der Waals surface area contributed by atoms with E-state index >= 15 is 0 Å². The first-order valence-electron chi connectivity index (χ1n) is 10.2. The van der Waals surface area contributed by atoms with Crippen LogP contribution in [0.4, 0.5) is 10.1 Å². The molecular formula is C24H18FN5O3. The van der Waals surface area contributed by atoms with E-state index in [2.05, 4.69) is 15.4 Å². The summed E-state index contributed by atoms with van der Waals surface area (Å²) in [7, 11) is 0. The Morgan fingerprint density at radius 2 is 1.82 bits per heavy atom. The zero-order chi connectivity index (χ0) is 22.9. The molecule has 3 aromatic carbocycles. The Hall–Kier alpha value is -4.53. The molecule has 0 spiro atoms. The quantitative estimate of drug-likeness (QED) is 0.445. The number of carbonyl (C=O) groups is 1. The summed E-state index contributed by atoms with van der Waals surface area (Å²) < 4.78 is 22.1. The number of benzene rings is 3. The number of aromatic nitrogens is 4. The van der Waals surface area contributed by atoms with Gasteiger partial charge in [-0.3, -0.25) is 4.79 Å². The fourth-order valence-electron chi connectivity index (χ4n) is 3.45. The van der Waals surface area contributed by atoms with Crippen LogP contribution in [0.1, 0.15) is 5.56 Å². The average molecular weight is 443 g/mol. The van der Waals surface area contributed by atoms with Crippen molar-refractivity contribution in [3.63, 3.8) is 0 Å². The van der Waals surface area contributed by atoms with E-state index in [0.29, 0.717) is 28.0 Å². The number of aryl methyl sites for hydroxylation is 1. The molecule has 0 aliphatic rings. The van der Waals surface area contributed by atoms with Crippen LogP contribution in [0.5, 0.6) is 11.6 Å². The van der Waals surface area contributed by atoms with E-state index in [1.165, 1.54) is 10.5 Å². The van der Waals surface area contributed by atoms with Gasteiger partial charge in [0.05, 0.1) is 11.0 Å². The van der Waals surface area contributed by atoms with Crippen molar-refractivity contribution >= 4 is 28.3 Å². The smallest absolute Gasteiger partial charge is 0.351 e. The zero-order valence-corrected chi connectivity index (χ0v) is 17.5. The molecule has 5 rings (SSSR count). The van der Waals surface area contributed by atoms with E-state index in [-0.39, 0.29) is 18.1 Å². The molecule has 8 nitrogen and oxygen atoms in total. The Morgan fingerprint density at radius 1 is 1.06 bits per heavy atom. The number of fused-ring (bicyclic) bond motifs is 3. The molecule has 0 radical (unpaired) electrons. The van der Waals surface area contributed by atoms with Gasteiger partial charge in [-0.25, -0.2) is 23.3 Å². The lowest BCUT2D eigenvalue weighted by atomic mass is 10.2. The molecule has 0 saturated carbocycles. The molecule has 0 fully saturated rings. The second-order valence-corrected chi connectivity index (χ2v) is 7.43. The van der Waals surface area contributed by atoms with Crippen molar-refractivity contribution in [1.82, 2.24) is 19.2 Å². The van der Waals surface area contributed by atoms with Crippen molar-refractivity contribution in [1.29, 1.82) is 0 Å². The van der Waals surface area contributed by atoms with Crippen molar-refractivity contribution in [2.45, 2.75) is 13.5 Å². The number of amides is 1. The van der Waals surface area contributed by atoms with Gasteiger partial charge in [0.25, 0.3) is 5.88 Å². The third kappa shape index (κ3) is 3.91. The summed E-state index contributed by atoms with van der Waals surface area (Å²) in [5, 5.41) is 6.90. The third-order valence-corrected chi connectivity index (χ3v) is 5.08. The maximum Gasteiger partial charge on any atom is 0.351 e. The van der Waals surface area contributed by atoms with E-state index in [1.54, 1.807) is 55.5 Å². The molecule has 0 bridgehead atoms. The Balaban J connectivity index is 1.54. The van der Waals surface area contributed by atoms with Gasteiger partial charge in [0.2, 0.25) is 11.6 Å². The van der Waals surface area contributed by atoms with E-state index < -0.39 is 17.4 Å². The lowest BCUT2D eigenvalue weighted by Gasteiger charge is -2.07. The van der Waals surface area contributed by atoms with Crippen LogP contribution in [0.25, 0.3) is 16.7 Å². The van der Waals surface area contributed by atoms with E-state index in [9.17, 15) is 14.0 Å². The van der Waals surface area contributed by atoms with Gasteiger partial charge in [-0.1, -0.05) is 36.4 Å². The number of hydrogen-bond acceptors (Lipinski definition) is 5. The van der Waals surface area contributed by atoms with Crippen LogP contribution in [0.15, 0.2) is 77.6 Å². The normalized spacial score (nSPS) is 11.1. The Labute approximate surface area is 186 Å². The number of halogens is 1. The number of rotatable bonds is 5. The first-order chi connectivity index (χ1) is 16.0. The molecule has 0 saturated heterocycles. The largest absolute Gasteiger partial charge is 0.436 e. The summed E-state index contributed by atoms with van der Waals surface area (Å²) in [6, 6.07) is 20.5. The van der Waals surface area contributed by atoms with Gasteiger partial charge in [0.1, 0.15) is 18.1 Å². The summed E-state index contributed by atoms with van der Waals surface area (Å²) in [6.07, 6.45) is 0. The van der Waals surface area contributed by atoms with Gasteiger partial charge in [-0.05, 0) is 48.9 Å². The lowest BCUT2D eigenvalue weighted by molar-refractivity contribution is -0.117. The summed E-state index contributed by atoms with van der Waals surface area (Å²) >= 11 is 0. The van der Waals surface area contributed by atoms with E-state index in [1.807, 2.05) is 18.2 Å². The number of nitrogens with one attached hydrogen (secondary N) is 1. The Morgan fingerprint density at radius 3 is 2.61 bits per heavy atom. The molecule has 0 unspecified atom stereocenters. The second kappa shape index (κ2) is 8.19. The van der Waals surface area contributed by atoms with Crippen LogP contribution in [0.2, 0.25) is 0 Å². The predicted octanol–water partition coefficient (Wildman–Crippen LogP) is 3.92. The number of carbonyl (C=O) groups excluding carboxylic acids is 1. The summed E-state index contributed by atoms with van der Waals surface area (Å²) in [4.78, 5) is 30.2. The minimum absolute atomic E-state index is 0.136. The van der Waals surface area contributed by atoms with Crippen molar-refractivity contribution in [3.05, 3.63) is 94.7 Å².